The number of hydrogen-bond donors (Lipinski definition) is 2. The highest BCUT2D eigenvalue weighted by Gasteiger charge is 2.39. The highest BCUT2D eigenvalue weighted by Crippen LogP contribution is 2.31. The van der Waals surface area contributed by atoms with Gasteiger partial charge in [-0.3, -0.25) is 19.3 Å². The van der Waals surface area contributed by atoms with Crippen molar-refractivity contribution in [2.45, 2.75) is 11.7 Å². The van der Waals surface area contributed by atoms with E-state index in [-0.39, 0.29) is 30.4 Å². The van der Waals surface area contributed by atoms with E-state index < -0.39 is 17.1 Å². The van der Waals surface area contributed by atoms with Gasteiger partial charge >= 0.3 is 5.97 Å². The molecule has 23 heavy (non-hydrogen) atoms. The molecule has 10 heteroatoms. The first-order valence-electron chi connectivity index (χ1n) is 6.55. The highest BCUT2D eigenvalue weighted by molar-refractivity contribution is 8.15. The van der Waals surface area contributed by atoms with E-state index >= 15 is 0 Å². The van der Waals surface area contributed by atoms with Crippen LogP contribution in [0.15, 0.2) is 24.0 Å². The summed E-state index contributed by atoms with van der Waals surface area (Å²) < 4.78 is 4.59. The molecule has 122 valence electrons. The molecule has 0 bridgehead atoms. The first-order valence-corrected chi connectivity index (χ1v) is 7.43. The molecule has 2 rings (SSSR count). The van der Waals surface area contributed by atoms with E-state index in [0.717, 1.165) is 11.8 Å². The third kappa shape index (κ3) is 3.59. The monoisotopic (exact) mass is 337 g/mol. The van der Waals surface area contributed by atoms with E-state index in [1.54, 1.807) is 0 Å². The zero-order chi connectivity index (χ0) is 17.0. The number of hydrogen-bond acceptors (Lipinski definition) is 7. The summed E-state index contributed by atoms with van der Waals surface area (Å²) in [6.07, 6.45) is 2.74. The van der Waals surface area contributed by atoms with Gasteiger partial charge < -0.3 is 15.5 Å². The fourth-order valence-electron chi connectivity index (χ4n) is 1.90. The van der Waals surface area contributed by atoms with Crippen molar-refractivity contribution in [2.24, 2.45) is 10.7 Å². The average Bonchev–Trinajstić information content (AvgIpc) is 3.08. The smallest absolute Gasteiger partial charge is 0.307 e. The minimum atomic E-state index is -0.711. The number of aromatic nitrogens is 2. The molecule has 1 fully saturated rings. The number of ether oxygens (including phenoxy) is 1. The number of carbonyl (C=O) groups is 3. The fourth-order valence-corrected chi connectivity index (χ4v) is 3.03. The van der Waals surface area contributed by atoms with Crippen LogP contribution < -0.4 is 5.73 Å². The molecule has 1 aromatic rings. The molecule has 1 aliphatic heterocycles. The number of thioether (sulfide) groups is 1. The van der Waals surface area contributed by atoms with Crippen LogP contribution in [0.3, 0.4) is 0 Å². The molecule has 1 atom stereocenters. The van der Waals surface area contributed by atoms with E-state index in [1.165, 1.54) is 24.4 Å². The van der Waals surface area contributed by atoms with Crippen LogP contribution in [-0.2, 0) is 14.3 Å². The van der Waals surface area contributed by atoms with Gasteiger partial charge in [-0.1, -0.05) is 17.8 Å². The summed E-state index contributed by atoms with van der Waals surface area (Å²) in [5, 5.41) is -0.324. The highest BCUT2D eigenvalue weighted by atomic mass is 32.2. The topological polar surface area (TPSA) is 131 Å². The van der Waals surface area contributed by atoms with E-state index in [2.05, 4.69) is 26.3 Å². The zero-order valence-corrected chi connectivity index (χ0v) is 13.1. The largest absolute Gasteiger partial charge is 0.469 e. The number of nitrogens with one attached hydrogen (secondary N) is 1. The van der Waals surface area contributed by atoms with Crippen LogP contribution in [0.1, 0.15) is 16.9 Å². The lowest BCUT2D eigenvalue weighted by Gasteiger charge is -2.13. The molecule has 2 heterocycles. The summed E-state index contributed by atoms with van der Waals surface area (Å²) in [5.41, 5.74) is 5.26. The van der Waals surface area contributed by atoms with E-state index in [4.69, 9.17) is 5.73 Å². The minimum absolute atomic E-state index is 0.0421. The molecule has 1 aromatic heterocycles. The first-order chi connectivity index (χ1) is 11.0. The Kier molecular flexibility index (Phi) is 5.16. The second kappa shape index (κ2) is 7.09. The molecule has 0 spiro atoms. The molecular weight excluding hydrogens is 322 g/mol. The van der Waals surface area contributed by atoms with Gasteiger partial charge in [0.2, 0.25) is 5.91 Å². The quantitative estimate of drug-likeness (QED) is 0.563. The number of amides is 2. The van der Waals surface area contributed by atoms with Crippen molar-refractivity contribution >= 4 is 40.5 Å². The van der Waals surface area contributed by atoms with Gasteiger partial charge in [-0.15, -0.1) is 6.58 Å². The average molecular weight is 337 g/mol. The van der Waals surface area contributed by atoms with Gasteiger partial charge in [-0.2, -0.15) is 0 Å². The molecule has 1 saturated heterocycles. The van der Waals surface area contributed by atoms with Gasteiger partial charge in [-0.25, -0.2) is 9.98 Å². The number of esters is 1. The number of H-pyrrole nitrogens is 1. The zero-order valence-electron chi connectivity index (χ0n) is 12.3. The standard InChI is InChI=1S/C13H15N5O4S/c1-3-4-18-12(21)7(5-8(19)22-2)23-13(18)17-11-9(10(14)20)15-6-16-11/h3,6-7H,1,4-5H2,2H3,(H2,14,20)(H,15,16). The summed E-state index contributed by atoms with van der Waals surface area (Å²) >= 11 is 1.10. The molecule has 0 saturated carbocycles. The Morgan fingerprint density at radius 2 is 2.39 bits per heavy atom. The Labute approximate surface area is 136 Å². The Hall–Kier alpha value is -2.62. The number of amidine groups is 1. The molecule has 2 amide bonds. The van der Waals surface area contributed by atoms with Crippen LogP contribution in [0.25, 0.3) is 0 Å². The maximum Gasteiger partial charge on any atom is 0.307 e. The number of nitrogens with zero attached hydrogens (tertiary/aromatic N) is 3. The predicted molar refractivity (Wildman–Crippen MR) is 84.1 cm³/mol. The number of aromatic amines is 1. The van der Waals surface area contributed by atoms with Crippen LogP contribution in [-0.4, -0.2) is 56.7 Å². The third-order valence-electron chi connectivity index (χ3n) is 2.98. The lowest BCUT2D eigenvalue weighted by Crippen LogP contribution is -2.33. The predicted octanol–water partition coefficient (Wildman–Crippen LogP) is 0.189. The van der Waals surface area contributed by atoms with Crippen molar-refractivity contribution in [1.82, 2.24) is 14.9 Å². The Morgan fingerprint density at radius 3 is 3.00 bits per heavy atom. The molecule has 0 aromatic carbocycles. The Balaban J connectivity index is 2.31. The van der Waals surface area contributed by atoms with E-state index in [0.29, 0.717) is 5.17 Å². The lowest BCUT2D eigenvalue weighted by atomic mass is 10.2. The fraction of sp³-hybridized carbons (Fsp3) is 0.308. The van der Waals surface area contributed by atoms with E-state index in [1.807, 2.05) is 0 Å². The summed E-state index contributed by atoms with van der Waals surface area (Å²) in [5.74, 6) is -1.40. The summed E-state index contributed by atoms with van der Waals surface area (Å²) in [4.78, 5) is 47.1. The molecule has 3 N–H and O–H groups in total. The Morgan fingerprint density at radius 1 is 1.65 bits per heavy atom. The molecule has 1 aliphatic rings. The van der Waals surface area contributed by atoms with Crippen LogP contribution in [0.4, 0.5) is 5.82 Å². The van der Waals surface area contributed by atoms with Gasteiger partial charge in [0.25, 0.3) is 5.91 Å². The molecular formula is C13H15N5O4S. The number of methoxy groups -OCH3 is 1. The van der Waals surface area contributed by atoms with Crippen molar-refractivity contribution < 1.29 is 19.1 Å². The van der Waals surface area contributed by atoms with Gasteiger partial charge in [-0.05, 0) is 0 Å². The second-order valence-corrected chi connectivity index (χ2v) is 5.65. The van der Waals surface area contributed by atoms with Gasteiger partial charge in [0, 0.05) is 6.54 Å². The van der Waals surface area contributed by atoms with Crippen molar-refractivity contribution in [3.8, 4) is 0 Å². The van der Waals surface area contributed by atoms with Gasteiger partial charge in [0.1, 0.15) is 5.25 Å². The summed E-state index contributed by atoms with van der Waals surface area (Å²) in [6, 6.07) is 0. The summed E-state index contributed by atoms with van der Waals surface area (Å²) in [7, 11) is 1.26. The number of imidazole rings is 1. The van der Waals surface area contributed by atoms with Crippen molar-refractivity contribution in [3.63, 3.8) is 0 Å². The molecule has 1 unspecified atom stereocenters. The number of aliphatic imine (C=N–C) groups is 1. The van der Waals surface area contributed by atoms with Crippen LogP contribution >= 0.6 is 11.8 Å². The second-order valence-electron chi connectivity index (χ2n) is 4.48. The maximum atomic E-state index is 12.4. The Bertz CT molecular complexity index is 684. The first kappa shape index (κ1) is 16.7. The van der Waals surface area contributed by atoms with Crippen LogP contribution in [0.2, 0.25) is 0 Å². The van der Waals surface area contributed by atoms with Crippen LogP contribution in [0, 0.1) is 0 Å². The number of primary amides is 1. The molecule has 0 radical (unpaired) electrons. The van der Waals surface area contributed by atoms with E-state index in [9.17, 15) is 14.4 Å². The van der Waals surface area contributed by atoms with Gasteiger partial charge in [0.15, 0.2) is 16.7 Å². The van der Waals surface area contributed by atoms with Crippen molar-refractivity contribution in [2.75, 3.05) is 13.7 Å². The van der Waals surface area contributed by atoms with Gasteiger partial charge in [0.05, 0.1) is 19.9 Å². The molecule has 9 nitrogen and oxygen atoms in total. The number of rotatable bonds is 6. The maximum absolute atomic E-state index is 12.4. The van der Waals surface area contributed by atoms with Crippen molar-refractivity contribution in [3.05, 3.63) is 24.7 Å². The third-order valence-corrected chi connectivity index (χ3v) is 4.15. The lowest BCUT2D eigenvalue weighted by molar-refractivity contribution is -0.142. The molecule has 0 aliphatic carbocycles. The number of nitrogens with two attached hydrogens (primary N) is 1. The normalized spacial score (nSPS) is 19.2. The minimum Gasteiger partial charge on any atom is -0.469 e. The SMILES string of the molecule is C=CCN1C(=O)C(CC(=O)OC)SC1=Nc1nc[nH]c1C(N)=O. The van der Waals surface area contributed by atoms with Crippen LogP contribution in [0.5, 0.6) is 0 Å². The van der Waals surface area contributed by atoms with Crippen molar-refractivity contribution in [1.29, 1.82) is 0 Å². The summed E-state index contributed by atoms with van der Waals surface area (Å²) in [6.45, 7) is 3.81. The number of carbonyl (C=O) groups excluding carboxylic acids is 3.